The van der Waals surface area contributed by atoms with Gasteiger partial charge >= 0.3 is 6.18 Å². The number of nitrogens with zero attached hydrogens (tertiary/aromatic N) is 3. The second kappa shape index (κ2) is 9.06. The molecule has 0 radical (unpaired) electrons. The molecule has 3 rings (SSSR count). The van der Waals surface area contributed by atoms with Crippen LogP contribution in [-0.4, -0.2) is 44.9 Å². The van der Waals surface area contributed by atoms with E-state index in [0.717, 1.165) is 12.5 Å². The predicted octanol–water partition coefficient (Wildman–Crippen LogP) is 1.94. The highest BCUT2D eigenvalue weighted by Crippen LogP contribution is 2.33. The molecule has 8 nitrogen and oxygen atoms in total. The van der Waals surface area contributed by atoms with Gasteiger partial charge in [-0.25, -0.2) is 19.3 Å². The monoisotopic (exact) mass is 443 g/mol. The summed E-state index contributed by atoms with van der Waals surface area (Å²) in [5.41, 5.74) is -1.12. The summed E-state index contributed by atoms with van der Waals surface area (Å²) >= 11 is 0. The first kappa shape index (κ1) is 22.1. The molecule has 1 fully saturated rings. The van der Waals surface area contributed by atoms with Crippen molar-refractivity contribution < 1.29 is 27.3 Å². The van der Waals surface area contributed by atoms with Gasteiger partial charge in [-0.2, -0.15) is 13.2 Å². The summed E-state index contributed by atoms with van der Waals surface area (Å²) in [5.74, 6) is -0.758. The molecule has 30 heavy (non-hydrogen) atoms. The number of aliphatic hydroxyl groups is 1. The van der Waals surface area contributed by atoms with E-state index in [-0.39, 0.29) is 34.6 Å². The Hall–Kier alpha value is -2.57. The predicted molar refractivity (Wildman–Crippen MR) is 104 cm³/mol. The molecule has 3 heterocycles. The third kappa shape index (κ3) is 5.12. The zero-order valence-electron chi connectivity index (χ0n) is 15.7. The summed E-state index contributed by atoms with van der Waals surface area (Å²) in [6.07, 6.45) is -1.21. The molecule has 2 aromatic heterocycles. The maximum absolute atomic E-state index is 13.2. The number of piperidine rings is 1. The summed E-state index contributed by atoms with van der Waals surface area (Å²) in [4.78, 5) is 22.3. The zero-order chi connectivity index (χ0) is 21.9. The van der Waals surface area contributed by atoms with E-state index in [2.05, 4.69) is 15.3 Å². The minimum atomic E-state index is -4.67. The van der Waals surface area contributed by atoms with Gasteiger partial charge in [-0.3, -0.25) is 4.79 Å². The Morgan fingerprint density at radius 2 is 2.13 bits per heavy atom. The smallest absolute Gasteiger partial charge is 0.396 e. The molecule has 12 heteroatoms. The Labute approximate surface area is 172 Å². The number of carbonyl (C=O) groups excluding carboxylic acids is 1. The number of rotatable bonds is 5. The number of nitrogens with one attached hydrogen (secondary N) is 1. The molecule has 1 aliphatic heterocycles. The van der Waals surface area contributed by atoms with Gasteiger partial charge in [0, 0.05) is 37.8 Å². The van der Waals surface area contributed by atoms with Crippen molar-refractivity contribution in [2.24, 2.45) is 11.1 Å². The quantitative estimate of drug-likeness (QED) is 0.649. The topological polar surface area (TPSA) is 121 Å². The van der Waals surface area contributed by atoms with E-state index in [9.17, 15) is 27.3 Å². The number of pyridine rings is 2. The van der Waals surface area contributed by atoms with Gasteiger partial charge in [-0.1, -0.05) is 0 Å². The van der Waals surface area contributed by atoms with Gasteiger partial charge in [0.2, 0.25) is 0 Å². The number of carbonyl (C=O) groups is 1. The number of aliphatic hydroxyl groups excluding tert-OH is 1. The number of hydrogen-bond donors (Lipinski definition) is 3. The van der Waals surface area contributed by atoms with E-state index in [1.165, 1.54) is 18.3 Å². The molecule has 1 amide bonds. The third-order valence-electron chi connectivity index (χ3n) is 4.71. The van der Waals surface area contributed by atoms with E-state index in [0.29, 0.717) is 25.7 Å². The minimum absolute atomic E-state index is 0.0111. The molecule has 162 valence electrons. The van der Waals surface area contributed by atoms with E-state index in [4.69, 9.17) is 5.14 Å². The summed E-state index contributed by atoms with van der Waals surface area (Å²) in [6, 6.07) is 3.43. The van der Waals surface area contributed by atoms with Crippen molar-refractivity contribution in [1.82, 2.24) is 9.97 Å². The Kier molecular flexibility index (Phi) is 6.68. The highest BCUT2D eigenvalue weighted by Gasteiger charge is 2.34. The van der Waals surface area contributed by atoms with Crippen LogP contribution in [0.2, 0.25) is 0 Å². The molecule has 0 spiro atoms. The second-order valence-electron chi connectivity index (χ2n) is 6.86. The zero-order valence-corrected chi connectivity index (χ0v) is 16.5. The van der Waals surface area contributed by atoms with Crippen LogP contribution in [0.25, 0.3) is 0 Å². The molecular formula is C18H20F3N5O3S. The SMILES string of the molecule is NS(=O)c1cc(NC(=O)c2cc(C(F)(F)F)cnc2N2CCCC(CO)C2)ccn1. The van der Waals surface area contributed by atoms with E-state index < -0.39 is 28.6 Å². The highest BCUT2D eigenvalue weighted by atomic mass is 32.2. The number of nitrogens with two attached hydrogens (primary N) is 1. The first-order valence-electron chi connectivity index (χ1n) is 9.05. The van der Waals surface area contributed by atoms with Crippen LogP contribution in [0.15, 0.2) is 35.6 Å². The van der Waals surface area contributed by atoms with Crippen LogP contribution in [-0.2, 0) is 17.2 Å². The van der Waals surface area contributed by atoms with Crippen molar-refractivity contribution in [3.8, 4) is 0 Å². The lowest BCUT2D eigenvalue weighted by Crippen LogP contribution is -2.38. The van der Waals surface area contributed by atoms with E-state index in [1.54, 1.807) is 4.90 Å². The van der Waals surface area contributed by atoms with Crippen LogP contribution >= 0.6 is 0 Å². The van der Waals surface area contributed by atoms with Crippen molar-refractivity contribution in [2.45, 2.75) is 24.0 Å². The number of alkyl halides is 3. The maximum atomic E-state index is 13.2. The Balaban J connectivity index is 1.96. The molecule has 4 N–H and O–H groups in total. The number of halogens is 3. The van der Waals surface area contributed by atoms with Gasteiger partial charge in [0.25, 0.3) is 5.91 Å². The lowest BCUT2D eigenvalue weighted by atomic mass is 9.98. The Morgan fingerprint density at radius 1 is 1.37 bits per heavy atom. The fourth-order valence-corrected chi connectivity index (χ4v) is 3.64. The number of hydrogen-bond acceptors (Lipinski definition) is 6. The first-order valence-corrected chi connectivity index (χ1v) is 10.3. The van der Waals surface area contributed by atoms with Gasteiger partial charge in [-0.05, 0) is 37.0 Å². The van der Waals surface area contributed by atoms with E-state index in [1.807, 2.05) is 0 Å². The molecule has 2 unspecified atom stereocenters. The molecule has 0 aromatic carbocycles. The van der Waals surface area contributed by atoms with E-state index >= 15 is 0 Å². The molecule has 2 aromatic rings. The maximum Gasteiger partial charge on any atom is 0.417 e. The molecule has 0 saturated carbocycles. The lowest BCUT2D eigenvalue weighted by Gasteiger charge is -2.33. The normalized spacial score (nSPS) is 18.2. The van der Waals surface area contributed by atoms with Crippen LogP contribution in [0.1, 0.15) is 28.8 Å². The third-order valence-corrected chi connectivity index (χ3v) is 5.35. The second-order valence-corrected chi connectivity index (χ2v) is 7.88. The number of amides is 1. The summed E-state index contributed by atoms with van der Waals surface area (Å²) in [7, 11) is -1.88. The van der Waals surface area contributed by atoms with Crippen molar-refractivity contribution in [1.29, 1.82) is 0 Å². The molecular weight excluding hydrogens is 423 g/mol. The molecule has 2 atom stereocenters. The van der Waals surface area contributed by atoms with Gasteiger partial charge in [0.1, 0.15) is 21.8 Å². The fourth-order valence-electron chi connectivity index (χ4n) is 3.23. The van der Waals surface area contributed by atoms with Crippen LogP contribution in [0, 0.1) is 5.92 Å². The van der Waals surface area contributed by atoms with Crippen LogP contribution < -0.4 is 15.4 Å². The Morgan fingerprint density at radius 3 is 2.80 bits per heavy atom. The minimum Gasteiger partial charge on any atom is -0.396 e. The first-order chi connectivity index (χ1) is 14.2. The molecule has 1 aliphatic rings. The molecule has 0 aliphatic carbocycles. The van der Waals surface area contributed by atoms with Crippen molar-refractivity contribution >= 4 is 28.4 Å². The van der Waals surface area contributed by atoms with Gasteiger partial charge in [0.15, 0.2) is 0 Å². The average Bonchev–Trinajstić information content (AvgIpc) is 2.72. The van der Waals surface area contributed by atoms with Crippen LogP contribution in [0.5, 0.6) is 0 Å². The largest absolute Gasteiger partial charge is 0.417 e. The molecule has 0 bridgehead atoms. The number of anilines is 2. The van der Waals surface area contributed by atoms with Gasteiger partial charge < -0.3 is 15.3 Å². The highest BCUT2D eigenvalue weighted by molar-refractivity contribution is 7.82. The van der Waals surface area contributed by atoms with Crippen molar-refractivity contribution in [2.75, 3.05) is 29.9 Å². The van der Waals surface area contributed by atoms with Crippen molar-refractivity contribution in [3.63, 3.8) is 0 Å². The van der Waals surface area contributed by atoms with Crippen LogP contribution in [0.3, 0.4) is 0 Å². The molecule has 1 saturated heterocycles. The fraction of sp³-hybridized carbons (Fsp3) is 0.389. The lowest BCUT2D eigenvalue weighted by molar-refractivity contribution is -0.137. The average molecular weight is 443 g/mol. The van der Waals surface area contributed by atoms with Gasteiger partial charge in [-0.15, -0.1) is 0 Å². The summed E-state index contributed by atoms with van der Waals surface area (Å²) < 4.78 is 51.0. The number of aromatic nitrogens is 2. The summed E-state index contributed by atoms with van der Waals surface area (Å²) in [6.45, 7) is 0.816. The van der Waals surface area contributed by atoms with Gasteiger partial charge in [0.05, 0.1) is 11.1 Å². The standard InChI is InChI=1S/C18H20F3N5O3S/c19-18(20,21)12-6-14(16(24-8-12)26-5-1-2-11(9-26)10-27)17(28)25-13-3-4-23-15(7-13)30(22)29/h3-4,6-8,11,27H,1-2,5,9-10,22H2,(H,23,25,28). The van der Waals surface area contributed by atoms with Crippen LogP contribution in [0.4, 0.5) is 24.7 Å². The van der Waals surface area contributed by atoms with Crippen molar-refractivity contribution in [3.05, 3.63) is 41.7 Å². The Bertz CT molecular complexity index is 957. The summed E-state index contributed by atoms with van der Waals surface area (Å²) in [5, 5.41) is 17.2.